The SMILES string of the molecule is CCC(CC)N(C)C(=O)C1CNC(C)CN1. The normalized spacial score (nSPS) is 25.8. The van der Waals surface area contributed by atoms with Crippen LogP contribution < -0.4 is 10.6 Å². The fraction of sp³-hybridized carbons (Fsp3) is 0.917. The molecule has 0 radical (unpaired) electrons. The molecule has 0 aromatic rings. The van der Waals surface area contributed by atoms with Gasteiger partial charge in [0, 0.05) is 32.2 Å². The van der Waals surface area contributed by atoms with Crippen molar-refractivity contribution in [3.8, 4) is 0 Å². The van der Waals surface area contributed by atoms with Crippen molar-refractivity contribution in [3.63, 3.8) is 0 Å². The molecule has 1 rings (SSSR count). The van der Waals surface area contributed by atoms with Gasteiger partial charge in [-0.25, -0.2) is 0 Å². The van der Waals surface area contributed by atoms with Crippen LogP contribution in [0.25, 0.3) is 0 Å². The van der Waals surface area contributed by atoms with Crippen molar-refractivity contribution >= 4 is 5.91 Å². The average Bonchev–Trinajstić information content (AvgIpc) is 2.30. The largest absolute Gasteiger partial charge is 0.341 e. The number of nitrogens with one attached hydrogen (secondary N) is 2. The summed E-state index contributed by atoms with van der Waals surface area (Å²) >= 11 is 0. The molecule has 1 saturated heterocycles. The third-order valence-corrected chi connectivity index (χ3v) is 3.48. The Bertz CT molecular complexity index is 220. The molecule has 0 bridgehead atoms. The molecule has 1 fully saturated rings. The summed E-state index contributed by atoms with van der Waals surface area (Å²) in [6.07, 6.45) is 2.05. The van der Waals surface area contributed by atoms with Gasteiger partial charge in [-0.3, -0.25) is 4.79 Å². The highest BCUT2D eigenvalue weighted by Crippen LogP contribution is 2.08. The van der Waals surface area contributed by atoms with Gasteiger partial charge in [0.2, 0.25) is 5.91 Å². The Morgan fingerprint density at radius 1 is 1.31 bits per heavy atom. The molecule has 1 aliphatic rings. The first kappa shape index (κ1) is 13.5. The van der Waals surface area contributed by atoms with Crippen molar-refractivity contribution in [2.75, 3.05) is 20.1 Å². The Kier molecular flexibility index (Phi) is 5.22. The minimum absolute atomic E-state index is 0.0539. The van der Waals surface area contributed by atoms with Crippen LogP contribution in [-0.4, -0.2) is 49.1 Å². The quantitative estimate of drug-likeness (QED) is 0.738. The van der Waals surface area contributed by atoms with Crippen LogP contribution in [0.15, 0.2) is 0 Å². The summed E-state index contributed by atoms with van der Waals surface area (Å²) in [4.78, 5) is 14.1. The number of amides is 1. The van der Waals surface area contributed by atoms with E-state index < -0.39 is 0 Å². The molecule has 0 aliphatic carbocycles. The number of carbonyl (C=O) groups excluding carboxylic acids is 1. The van der Waals surface area contributed by atoms with Crippen molar-refractivity contribution in [2.24, 2.45) is 0 Å². The highest BCUT2D eigenvalue weighted by Gasteiger charge is 2.27. The van der Waals surface area contributed by atoms with Crippen molar-refractivity contribution < 1.29 is 4.79 Å². The lowest BCUT2D eigenvalue weighted by molar-refractivity contribution is -0.134. The maximum Gasteiger partial charge on any atom is 0.241 e. The summed E-state index contributed by atoms with van der Waals surface area (Å²) in [7, 11) is 1.92. The second-order valence-corrected chi connectivity index (χ2v) is 4.69. The fourth-order valence-electron chi connectivity index (χ4n) is 2.22. The summed E-state index contributed by atoms with van der Waals surface area (Å²) in [6.45, 7) is 8.00. The molecule has 2 unspecified atom stereocenters. The predicted octanol–water partition coefficient (Wildman–Crippen LogP) is 0.583. The molecule has 1 amide bonds. The van der Waals surface area contributed by atoms with Crippen LogP contribution >= 0.6 is 0 Å². The molecule has 0 aromatic carbocycles. The van der Waals surface area contributed by atoms with Gasteiger partial charge in [0.25, 0.3) is 0 Å². The third-order valence-electron chi connectivity index (χ3n) is 3.48. The molecule has 1 aliphatic heterocycles. The van der Waals surface area contributed by atoms with Crippen LogP contribution in [0.4, 0.5) is 0 Å². The highest BCUT2D eigenvalue weighted by atomic mass is 16.2. The standard InChI is InChI=1S/C12H25N3O/c1-5-10(6-2)15(4)12(16)11-8-13-9(3)7-14-11/h9-11,13-14H,5-8H2,1-4H3. The van der Waals surface area contributed by atoms with Gasteiger partial charge in [0.05, 0.1) is 6.04 Å². The van der Waals surface area contributed by atoms with E-state index in [0.29, 0.717) is 12.1 Å². The van der Waals surface area contributed by atoms with Crippen molar-refractivity contribution in [3.05, 3.63) is 0 Å². The van der Waals surface area contributed by atoms with E-state index >= 15 is 0 Å². The zero-order valence-corrected chi connectivity index (χ0v) is 10.9. The van der Waals surface area contributed by atoms with Gasteiger partial charge in [-0.2, -0.15) is 0 Å². The first-order valence-electron chi connectivity index (χ1n) is 6.33. The lowest BCUT2D eigenvalue weighted by atomic mass is 10.1. The number of hydrogen-bond acceptors (Lipinski definition) is 3. The molecule has 0 saturated carbocycles. The number of likely N-dealkylation sites (N-methyl/N-ethyl adjacent to an activating group) is 1. The van der Waals surface area contributed by atoms with Crippen LogP contribution in [-0.2, 0) is 4.79 Å². The van der Waals surface area contributed by atoms with Crippen molar-refractivity contribution in [1.29, 1.82) is 0 Å². The molecule has 1 heterocycles. The van der Waals surface area contributed by atoms with E-state index in [0.717, 1.165) is 25.9 Å². The minimum atomic E-state index is -0.0539. The first-order chi connectivity index (χ1) is 7.60. The zero-order chi connectivity index (χ0) is 12.1. The van der Waals surface area contributed by atoms with Gasteiger partial charge < -0.3 is 15.5 Å². The van der Waals surface area contributed by atoms with Gasteiger partial charge >= 0.3 is 0 Å². The molecule has 4 nitrogen and oxygen atoms in total. The predicted molar refractivity (Wildman–Crippen MR) is 66.4 cm³/mol. The molecule has 0 aromatic heterocycles. The van der Waals surface area contributed by atoms with Crippen molar-refractivity contribution in [2.45, 2.75) is 51.7 Å². The molecule has 2 N–H and O–H groups in total. The molecule has 2 atom stereocenters. The number of hydrogen-bond donors (Lipinski definition) is 2. The highest BCUT2D eigenvalue weighted by molar-refractivity contribution is 5.82. The van der Waals surface area contributed by atoms with E-state index in [-0.39, 0.29) is 11.9 Å². The average molecular weight is 227 g/mol. The minimum Gasteiger partial charge on any atom is -0.341 e. The summed E-state index contributed by atoms with van der Waals surface area (Å²) in [5.74, 6) is 0.216. The molecule has 16 heavy (non-hydrogen) atoms. The monoisotopic (exact) mass is 227 g/mol. The fourth-order valence-corrected chi connectivity index (χ4v) is 2.22. The molecule has 4 heteroatoms. The third kappa shape index (κ3) is 3.19. The Hall–Kier alpha value is -0.610. The van der Waals surface area contributed by atoms with Gasteiger partial charge in [-0.15, -0.1) is 0 Å². The lowest BCUT2D eigenvalue weighted by Gasteiger charge is -2.34. The van der Waals surface area contributed by atoms with Gasteiger partial charge in [-0.1, -0.05) is 13.8 Å². The van der Waals surface area contributed by atoms with E-state index in [1.165, 1.54) is 0 Å². The zero-order valence-electron chi connectivity index (χ0n) is 10.9. The van der Waals surface area contributed by atoms with Crippen LogP contribution in [0.2, 0.25) is 0 Å². The summed E-state index contributed by atoms with van der Waals surface area (Å²) in [6, 6.07) is 0.776. The van der Waals surface area contributed by atoms with E-state index in [4.69, 9.17) is 0 Å². The summed E-state index contributed by atoms with van der Waals surface area (Å²) in [5.41, 5.74) is 0. The first-order valence-corrected chi connectivity index (χ1v) is 6.33. The number of piperazine rings is 1. The molecular weight excluding hydrogens is 202 g/mol. The van der Waals surface area contributed by atoms with Crippen molar-refractivity contribution in [1.82, 2.24) is 15.5 Å². The molecule has 0 spiro atoms. The van der Waals surface area contributed by atoms with E-state index in [1.54, 1.807) is 0 Å². The molecular formula is C12H25N3O. The lowest BCUT2D eigenvalue weighted by Crippen LogP contribution is -2.60. The molecule has 94 valence electrons. The maximum atomic E-state index is 12.2. The number of carbonyl (C=O) groups is 1. The Morgan fingerprint density at radius 2 is 1.94 bits per heavy atom. The van der Waals surface area contributed by atoms with E-state index in [2.05, 4.69) is 31.4 Å². The van der Waals surface area contributed by atoms with Crippen LogP contribution in [0, 0.1) is 0 Å². The topological polar surface area (TPSA) is 44.4 Å². The second-order valence-electron chi connectivity index (χ2n) is 4.69. The smallest absolute Gasteiger partial charge is 0.241 e. The second kappa shape index (κ2) is 6.21. The van der Waals surface area contributed by atoms with E-state index in [9.17, 15) is 4.79 Å². The van der Waals surface area contributed by atoms with Gasteiger partial charge in [0.1, 0.15) is 0 Å². The van der Waals surface area contributed by atoms with Crippen LogP contribution in [0.1, 0.15) is 33.6 Å². The Balaban J connectivity index is 2.50. The van der Waals surface area contributed by atoms with Gasteiger partial charge in [0.15, 0.2) is 0 Å². The van der Waals surface area contributed by atoms with Crippen LogP contribution in [0.5, 0.6) is 0 Å². The Labute approximate surface area is 98.8 Å². The number of nitrogens with zero attached hydrogens (tertiary/aromatic N) is 1. The summed E-state index contributed by atoms with van der Waals surface area (Å²) < 4.78 is 0. The summed E-state index contributed by atoms with van der Waals surface area (Å²) in [5, 5.41) is 6.63. The number of rotatable bonds is 4. The van der Waals surface area contributed by atoms with E-state index in [1.807, 2.05) is 11.9 Å². The maximum absolute atomic E-state index is 12.2. The van der Waals surface area contributed by atoms with Gasteiger partial charge in [-0.05, 0) is 19.8 Å². The Morgan fingerprint density at radius 3 is 2.38 bits per heavy atom. The van der Waals surface area contributed by atoms with Crippen LogP contribution in [0.3, 0.4) is 0 Å².